The third-order valence-electron chi connectivity index (χ3n) is 4.17. The van der Waals surface area contributed by atoms with Gasteiger partial charge in [0.15, 0.2) is 0 Å². The van der Waals surface area contributed by atoms with Gasteiger partial charge in [-0.2, -0.15) is 0 Å². The summed E-state index contributed by atoms with van der Waals surface area (Å²) in [7, 11) is 0. The molecule has 0 aliphatic carbocycles. The maximum Gasteiger partial charge on any atom is 0.336 e. The van der Waals surface area contributed by atoms with Crippen molar-refractivity contribution in [2.75, 3.05) is 5.32 Å². The molecule has 0 saturated carbocycles. The Labute approximate surface area is 156 Å². The van der Waals surface area contributed by atoms with Crippen molar-refractivity contribution in [1.82, 2.24) is 0 Å². The molecule has 0 atom stereocenters. The van der Waals surface area contributed by atoms with Gasteiger partial charge in [0.1, 0.15) is 11.5 Å². The van der Waals surface area contributed by atoms with Crippen molar-refractivity contribution in [3.8, 4) is 11.5 Å². The van der Waals surface area contributed by atoms with E-state index in [-0.39, 0.29) is 28.7 Å². The Balaban J connectivity index is 2.12. The number of aromatic carboxylic acids is 2. The highest BCUT2D eigenvalue weighted by atomic mass is 16.5. The van der Waals surface area contributed by atoms with Gasteiger partial charge in [-0.15, -0.1) is 0 Å². The molecule has 2 rings (SSSR count). The molecular weight excluding hydrogens is 350 g/mol. The van der Waals surface area contributed by atoms with Gasteiger partial charge in [-0.25, -0.2) is 9.59 Å². The highest BCUT2D eigenvalue weighted by molar-refractivity contribution is 6.02. The fourth-order valence-corrected chi connectivity index (χ4v) is 2.60. The van der Waals surface area contributed by atoms with Crippen molar-refractivity contribution < 1.29 is 29.3 Å². The summed E-state index contributed by atoms with van der Waals surface area (Å²) in [4.78, 5) is 34.4. The van der Waals surface area contributed by atoms with E-state index in [2.05, 4.69) is 5.32 Å². The van der Waals surface area contributed by atoms with Gasteiger partial charge in [-0.3, -0.25) is 4.79 Å². The number of amides is 1. The standard InChI is InChI=1S/C20H21NO6/c1-3-12(4-2)18(22)21-13-5-7-14(8-6-13)27-15-9-10-16(19(23)24)17(11-15)20(25)26/h5-12H,3-4H2,1-2H3,(H,21,22)(H,23,24)(H,25,26). The smallest absolute Gasteiger partial charge is 0.336 e. The molecule has 0 unspecified atom stereocenters. The number of rotatable bonds is 8. The predicted molar refractivity (Wildman–Crippen MR) is 99.6 cm³/mol. The lowest BCUT2D eigenvalue weighted by Gasteiger charge is -2.13. The summed E-state index contributed by atoms with van der Waals surface area (Å²) in [6.45, 7) is 3.93. The summed E-state index contributed by atoms with van der Waals surface area (Å²) in [6, 6.07) is 10.4. The Bertz CT molecular complexity index is 840. The average molecular weight is 371 g/mol. The molecule has 0 bridgehead atoms. The maximum absolute atomic E-state index is 12.1. The first-order chi connectivity index (χ1) is 12.8. The van der Waals surface area contributed by atoms with E-state index in [0.29, 0.717) is 11.4 Å². The summed E-state index contributed by atoms with van der Waals surface area (Å²) in [5.74, 6) is -2.12. The second-order valence-corrected chi connectivity index (χ2v) is 5.95. The van der Waals surface area contributed by atoms with Crippen molar-refractivity contribution in [3.05, 3.63) is 53.6 Å². The van der Waals surface area contributed by atoms with Crippen LogP contribution < -0.4 is 10.1 Å². The molecule has 7 heteroatoms. The fourth-order valence-electron chi connectivity index (χ4n) is 2.60. The first kappa shape index (κ1) is 20.0. The minimum absolute atomic E-state index is 0.0379. The van der Waals surface area contributed by atoms with Gasteiger partial charge in [-0.1, -0.05) is 13.8 Å². The van der Waals surface area contributed by atoms with Crippen LogP contribution in [0, 0.1) is 5.92 Å². The molecule has 0 spiro atoms. The highest BCUT2D eigenvalue weighted by Gasteiger charge is 2.17. The Kier molecular flexibility index (Phi) is 6.54. The number of carboxylic acid groups (broad SMARTS) is 2. The van der Waals surface area contributed by atoms with Crippen LogP contribution in [0.25, 0.3) is 0 Å². The van der Waals surface area contributed by atoms with Gasteiger partial charge >= 0.3 is 11.9 Å². The maximum atomic E-state index is 12.1. The molecule has 2 aromatic carbocycles. The van der Waals surface area contributed by atoms with E-state index >= 15 is 0 Å². The molecule has 2 aromatic rings. The number of nitrogens with one attached hydrogen (secondary N) is 1. The molecule has 0 aliphatic heterocycles. The average Bonchev–Trinajstić information content (AvgIpc) is 2.64. The van der Waals surface area contributed by atoms with Crippen LogP contribution in [0.5, 0.6) is 11.5 Å². The van der Waals surface area contributed by atoms with Crippen LogP contribution >= 0.6 is 0 Å². The second kappa shape index (κ2) is 8.84. The number of anilines is 1. The molecule has 3 N–H and O–H groups in total. The molecule has 0 fully saturated rings. The molecular formula is C20H21NO6. The van der Waals surface area contributed by atoms with E-state index in [1.165, 1.54) is 12.1 Å². The van der Waals surface area contributed by atoms with Crippen molar-refractivity contribution in [3.63, 3.8) is 0 Å². The van der Waals surface area contributed by atoms with E-state index < -0.39 is 11.9 Å². The second-order valence-electron chi connectivity index (χ2n) is 5.95. The lowest BCUT2D eigenvalue weighted by atomic mass is 10.0. The van der Waals surface area contributed by atoms with Crippen LogP contribution in [0.15, 0.2) is 42.5 Å². The number of benzene rings is 2. The van der Waals surface area contributed by atoms with Gasteiger partial charge in [0.2, 0.25) is 5.91 Å². The monoisotopic (exact) mass is 371 g/mol. The van der Waals surface area contributed by atoms with Crippen molar-refractivity contribution in [2.24, 2.45) is 5.92 Å². The molecule has 142 valence electrons. The molecule has 0 aliphatic rings. The summed E-state index contributed by atoms with van der Waals surface area (Å²) in [5.41, 5.74) is -0.0323. The van der Waals surface area contributed by atoms with Crippen LogP contribution in [-0.4, -0.2) is 28.1 Å². The zero-order valence-electron chi connectivity index (χ0n) is 15.1. The molecule has 0 aromatic heterocycles. The fraction of sp³-hybridized carbons (Fsp3) is 0.250. The minimum atomic E-state index is -1.35. The Morgan fingerprint density at radius 2 is 1.44 bits per heavy atom. The molecule has 7 nitrogen and oxygen atoms in total. The number of hydrogen-bond acceptors (Lipinski definition) is 4. The van der Waals surface area contributed by atoms with Gasteiger partial charge in [0, 0.05) is 11.6 Å². The third-order valence-corrected chi connectivity index (χ3v) is 4.17. The Morgan fingerprint density at radius 1 is 0.889 bits per heavy atom. The van der Waals surface area contributed by atoms with Crippen LogP contribution in [-0.2, 0) is 4.79 Å². The SMILES string of the molecule is CCC(CC)C(=O)Nc1ccc(Oc2ccc(C(=O)O)c(C(=O)O)c2)cc1. The zero-order valence-corrected chi connectivity index (χ0v) is 15.1. The Hall–Kier alpha value is -3.35. The zero-order chi connectivity index (χ0) is 20.0. The van der Waals surface area contributed by atoms with Gasteiger partial charge in [0.05, 0.1) is 11.1 Å². The van der Waals surface area contributed by atoms with Crippen molar-refractivity contribution >= 4 is 23.5 Å². The lowest BCUT2D eigenvalue weighted by molar-refractivity contribution is -0.120. The number of carboxylic acids is 2. The quantitative estimate of drug-likeness (QED) is 0.639. The van der Waals surface area contributed by atoms with E-state index in [0.717, 1.165) is 18.9 Å². The van der Waals surface area contributed by atoms with Crippen LogP contribution in [0.2, 0.25) is 0 Å². The number of carbonyl (C=O) groups is 3. The van der Waals surface area contributed by atoms with E-state index in [1.807, 2.05) is 13.8 Å². The normalized spacial score (nSPS) is 10.5. The van der Waals surface area contributed by atoms with Crippen LogP contribution in [0.1, 0.15) is 47.4 Å². The van der Waals surface area contributed by atoms with Crippen molar-refractivity contribution in [1.29, 1.82) is 0 Å². The number of carbonyl (C=O) groups excluding carboxylic acids is 1. The van der Waals surface area contributed by atoms with Gasteiger partial charge < -0.3 is 20.3 Å². The lowest BCUT2D eigenvalue weighted by Crippen LogP contribution is -2.21. The topological polar surface area (TPSA) is 113 Å². The van der Waals surface area contributed by atoms with Gasteiger partial charge in [-0.05, 0) is 55.3 Å². The summed E-state index contributed by atoms with van der Waals surface area (Å²) < 4.78 is 5.58. The molecule has 0 heterocycles. The highest BCUT2D eigenvalue weighted by Crippen LogP contribution is 2.26. The minimum Gasteiger partial charge on any atom is -0.478 e. The van der Waals surface area contributed by atoms with Gasteiger partial charge in [0.25, 0.3) is 0 Å². The van der Waals surface area contributed by atoms with E-state index in [1.54, 1.807) is 24.3 Å². The van der Waals surface area contributed by atoms with Crippen molar-refractivity contribution in [2.45, 2.75) is 26.7 Å². The third kappa shape index (κ3) is 5.07. The molecule has 0 radical (unpaired) electrons. The summed E-state index contributed by atoms with van der Waals surface area (Å²) in [5, 5.41) is 21.0. The summed E-state index contributed by atoms with van der Waals surface area (Å²) in [6.07, 6.45) is 1.53. The predicted octanol–water partition coefficient (Wildman–Crippen LogP) is 4.25. The molecule has 27 heavy (non-hydrogen) atoms. The van der Waals surface area contributed by atoms with E-state index in [4.69, 9.17) is 14.9 Å². The number of hydrogen-bond donors (Lipinski definition) is 3. The van der Waals surface area contributed by atoms with Crippen LogP contribution in [0.3, 0.4) is 0 Å². The number of ether oxygens (including phenoxy) is 1. The summed E-state index contributed by atoms with van der Waals surface area (Å²) >= 11 is 0. The Morgan fingerprint density at radius 3 is 1.96 bits per heavy atom. The van der Waals surface area contributed by atoms with E-state index in [9.17, 15) is 14.4 Å². The van der Waals surface area contributed by atoms with Crippen LogP contribution in [0.4, 0.5) is 5.69 Å². The molecule has 0 saturated heterocycles. The largest absolute Gasteiger partial charge is 0.478 e. The first-order valence-electron chi connectivity index (χ1n) is 8.55. The molecule has 1 amide bonds. The first-order valence-corrected chi connectivity index (χ1v) is 8.55.